The summed E-state index contributed by atoms with van der Waals surface area (Å²) in [5, 5.41) is 5.33. The second-order valence-electron chi connectivity index (χ2n) is 7.46. The van der Waals surface area contributed by atoms with Crippen LogP contribution in [0.2, 0.25) is 0 Å². The Morgan fingerprint density at radius 3 is 2.50 bits per heavy atom. The largest absolute Gasteiger partial charge is 0.465 e. The fourth-order valence-electron chi connectivity index (χ4n) is 3.60. The molecular weight excluding hydrogens is 406 g/mol. The third-order valence-corrected chi connectivity index (χ3v) is 5.23. The predicted molar refractivity (Wildman–Crippen MR) is 121 cm³/mol. The van der Waals surface area contributed by atoms with Crippen LogP contribution in [-0.4, -0.2) is 30.3 Å². The predicted octanol–water partition coefficient (Wildman–Crippen LogP) is 3.14. The summed E-state index contributed by atoms with van der Waals surface area (Å²) >= 11 is 0. The fourth-order valence-corrected chi connectivity index (χ4v) is 3.60. The average molecular weight is 429 g/mol. The van der Waals surface area contributed by atoms with Crippen LogP contribution >= 0.6 is 0 Å². The number of furan rings is 1. The normalized spacial score (nSPS) is 13.9. The Hall–Kier alpha value is -4.13. The third-order valence-electron chi connectivity index (χ3n) is 5.23. The van der Waals surface area contributed by atoms with Gasteiger partial charge in [-0.05, 0) is 49.2 Å². The van der Waals surface area contributed by atoms with Crippen molar-refractivity contribution in [2.45, 2.75) is 19.4 Å². The maximum absolute atomic E-state index is 13.0. The summed E-state index contributed by atoms with van der Waals surface area (Å²) in [6.45, 7) is 2.20. The molecule has 1 atom stereocenters. The van der Waals surface area contributed by atoms with Crippen molar-refractivity contribution in [2.75, 3.05) is 11.4 Å². The lowest BCUT2D eigenvalue weighted by molar-refractivity contribution is -0.125. The van der Waals surface area contributed by atoms with Gasteiger partial charge in [0.2, 0.25) is 5.91 Å². The molecule has 1 aliphatic rings. The number of nitrogens with zero attached hydrogens (tertiary/aromatic N) is 1. The van der Waals surface area contributed by atoms with Crippen molar-refractivity contribution >= 4 is 29.5 Å². The number of hydrogen-bond acceptors (Lipinski definition) is 4. The summed E-state index contributed by atoms with van der Waals surface area (Å²) in [6.07, 6.45) is 3.68. The number of fused-ring (bicyclic) bond motifs is 1. The molecule has 0 radical (unpaired) electrons. The molecule has 7 nitrogen and oxygen atoms in total. The van der Waals surface area contributed by atoms with Gasteiger partial charge in [0.1, 0.15) is 17.5 Å². The van der Waals surface area contributed by atoms with Gasteiger partial charge in [0.15, 0.2) is 0 Å². The molecule has 0 saturated carbocycles. The molecule has 0 saturated heterocycles. The van der Waals surface area contributed by atoms with Crippen LogP contribution in [0.5, 0.6) is 0 Å². The number of carbonyl (C=O) groups is 3. The third kappa shape index (κ3) is 4.62. The Balaban J connectivity index is 1.50. The van der Waals surface area contributed by atoms with E-state index < -0.39 is 17.9 Å². The number of anilines is 1. The summed E-state index contributed by atoms with van der Waals surface area (Å²) < 4.78 is 5.29. The minimum absolute atomic E-state index is 0.0183. The summed E-state index contributed by atoms with van der Waals surface area (Å²) in [4.78, 5) is 40.3. The van der Waals surface area contributed by atoms with Crippen LogP contribution in [0.4, 0.5) is 5.69 Å². The Kier molecular flexibility index (Phi) is 6.17. The van der Waals surface area contributed by atoms with Gasteiger partial charge in [-0.1, -0.05) is 36.4 Å². The van der Waals surface area contributed by atoms with Crippen molar-refractivity contribution in [3.63, 3.8) is 0 Å². The molecule has 0 bridgehead atoms. The van der Waals surface area contributed by atoms with E-state index in [0.29, 0.717) is 17.9 Å². The highest BCUT2D eigenvalue weighted by molar-refractivity contribution is 6.07. The smallest absolute Gasteiger partial charge is 0.268 e. The van der Waals surface area contributed by atoms with E-state index in [1.54, 1.807) is 54.3 Å². The molecular formula is C25H23N3O4. The second kappa shape index (κ2) is 9.34. The van der Waals surface area contributed by atoms with E-state index in [2.05, 4.69) is 10.6 Å². The number of hydrogen-bond donors (Lipinski definition) is 2. The first-order valence-electron chi connectivity index (χ1n) is 10.3. The van der Waals surface area contributed by atoms with E-state index in [4.69, 9.17) is 4.42 Å². The zero-order valence-electron chi connectivity index (χ0n) is 17.6. The van der Waals surface area contributed by atoms with E-state index in [9.17, 15) is 14.4 Å². The monoisotopic (exact) mass is 429 g/mol. The molecule has 0 aliphatic carbocycles. The maximum atomic E-state index is 13.0. The van der Waals surface area contributed by atoms with Gasteiger partial charge in [-0.25, -0.2) is 0 Å². The Labute approximate surface area is 185 Å². The highest BCUT2D eigenvalue weighted by Crippen LogP contribution is 2.27. The average Bonchev–Trinajstić information content (AvgIpc) is 3.48. The van der Waals surface area contributed by atoms with Crippen molar-refractivity contribution in [3.8, 4) is 0 Å². The van der Waals surface area contributed by atoms with Gasteiger partial charge in [-0.15, -0.1) is 0 Å². The molecule has 2 N–H and O–H groups in total. The zero-order chi connectivity index (χ0) is 22.5. The maximum Gasteiger partial charge on any atom is 0.268 e. The number of carbonyl (C=O) groups excluding carboxylic acids is 3. The first kappa shape index (κ1) is 21.1. The first-order chi connectivity index (χ1) is 15.5. The van der Waals surface area contributed by atoms with E-state index in [0.717, 1.165) is 17.7 Å². The Morgan fingerprint density at radius 2 is 1.75 bits per heavy atom. The van der Waals surface area contributed by atoms with Crippen LogP contribution in [0.3, 0.4) is 0 Å². The molecule has 3 aromatic rings. The fraction of sp³-hybridized carbons (Fsp3) is 0.160. The van der Waals surface area contributed by atoms with Crippen molar-refractivity contribution in [1.82, 2.24) is 10.6 Å². The first-order valence-corrected chi connectivity index (χ1v) is 10.3. The van der Waals surface area contributed by atoms with E-state index in [-0.39, 0.29) is 11.6 Å². The van der Waals surface area contributed by atoms with Crippen LogP contribution < -0.4 is 15.5 Å². The van der Waals surface area contributed by atoms with Gasteiger partial charge in [0, 0.05) is 23.9 Å². The SMILES string of the molecule is CC(NC(=O)C(=Cc1ccco1)NC(=O)c1ccccc1)C(=O)N1CCc2ccccc21. The number of nitrogens with one attached hydrogen (secondary N) is 2. The van der Waals surface area contributed by atoms with Crippen molar-refractivity contribution in [1.29, 1.82) is 0 Å². The van der Waals surface area contributed by atoms with Gasteiger partial charge in [0.05, 0.1) is 6.26 Å². The summed E-state index contributed by atoms with van der Waals surface area (Å²) in [5.74, 6) is -0.837. The lowest BCUT2D eigenvalue weighted by atomic mass is 10.2. The summed E-state index contributed by atoms with van der Waals surface area (Å²) in [7, 11) is 0. The summed E-state index contributed by atoms with van der Waals surface area (Å²) in [6, 6.07) is 18.8. The highest BCUT2D eigenvalue weighted by atomic mass is 16.3. The molecule has 1 unspecified atom stereocenters. The molecule has 1 aliphatic heterocycles. The van der Waals surface area contributed by atoms with Crippen molar-refractivity contribution in [2.24, 2.45) is 0 Å². The van der Waals surface area contributed by atoms with Gasteiger partial charge < -0.3 is 20.0 Å². The Bertz CT molecular complexity index is 1150. The molecule has 32 heavy (non-hydrogen) atoms. The number of benzene rings is 2. The van der Waals surface area contributed by atoms with E-state index in [1.165, 1.54) is 12.3 Å². The number of amides is 3. The van der Waals surface area contributed by atoms with Gasteiger partial charge in [0.25, 0.3) is 11.8 Å². The molecule has 4 rings (SSSR count). The number of para-hydroxylation sites is 1. The van der Waals surface area contributed by atoms with Crippen LogP contribution in [0.1, 0.15) is 28.6 Å². The quantitative estimate of drug-likeness (QED) is 0.589. The summed E-state index contributed by atoms with van der Waals surface area (Å²) in [5.41, 5.74) is 2.36. The lowest BCUT2D eigenvalue weighted by Crippen LogP contribution is -2.48. The van der Waals surface area contributed by atoms with Gasteiger partial charge >= 0.3 is 0 Å². The van der Waals surface area contributed by atoms with Crippen molar-refractivity contribution in [3.05, 3.63) is 95.6 Å². The molecule has 1 aromatic heterocycles. The lowest BCUT2D eigenvalue weighted by Gasteiger charge is -2.23. The molecule has 0 spiro atoms. The molecule has 3 amide bonds. The van der Waals surface area contributed by atoms with Gasteiger partial charge in [-0.2, -0.15) is 0 Å². The van der Waals surface area contributed by atoms with E-state index >= 15 is 0 Å². The minimum atomic E-state index is -0.790. The Morgan fingerprint density at radius 1 is 1.00 bits per heavy atom. The van der Waals surface area contributed by atoms with Crippen LogP contribution in [0.25, 0.3) is 6.08 Å². The number of rotatable bonds is 6. The standard InChI is InChI=1S/C25H23N3O4/c1-17(25(31)28-14-13-18-8-5-6-12-22(18)28)26-24(30)21(16-20-11-7-15-32-20)27-23(29)19-9-3-2-4-10-19/h2-12,15-17H,13-14H2,1H3,(H,26,30)(H,27,29). The zero-order valence-corrected chi connectivity index (χ0v) is 17.6. The van der Waals surface area contributed by atoms with E-state index in [1.807, 2.05) is 24.3 Å². The highest BCUT2D eigenvalue weighted by Gasteiger charge is 2.29. The second-order valence-corrected chi connectivity index (χ2v) is 7.46. The molecule has 162 valence electrons. The molecule has 0 fully saturated rings. The molecule has 2 heterocycles. The molecule has 7 heteroatoms. The van der Waals surface area contributed by atoms with Crippen LogP contribution in [0, 0.1) is 0 Å². The topological polar surface area (TPSA) is 91.6 Å². The van der Waals surface area contributed by atoms with Crippen molar-refractivity contribution < 1.29 is 18.8 Å². The van der Waals surface area contributed by atoms with Gasteiger partial charge in [-0.3, -0.25) is 14.4 Å². The minimum Gasteiger partial charge on any atom is -0.465 e. The van der Waals surface area contributed by atoms with Crippen LogP contribution in [0.15, 0.2) is 83.1 Å². The van der Waals surface area contributed by atoms with Crippen LogP contribution in [-0.2, 0) is 16.0 Å². The molecule has 2 aromatic carbocycles.